The van der Waals surface area contributed by atoms with Gasteiger partial charge >= 0.3 is 0 Å². The second-order valence-corrected chi connectivity index (χ2v) is 5.82. The van der Waals surface area contributed by atoms with Crippen LogP contribution in [-0.2, 0) is 4.79 Å². The van der Waals surface area contributed by atoms with E-state index >= 15 is 0 Å². The molecule has 1 fully saturated rings. The summed E-state index contributed by atoms with van der Waals surface area (Å²) in [7, 11) is 1.68. The first-order valence-electron chi connectivity index (χ1n) is 7.88. The summed E-state index contributed by atoms with van der Waals surface area (Å²) in [6.07, 6.45) is 0. The molecule has 1 N–H and O–H groups in total. The van der Waals surface area contributed by atoms with E-state index < -0.39 is 0 Å². The van der Waals surface area contributed by atoms with Gasteiger partial charge in [0.1, 0.15) is 0 Å². The van der Waals surface area contributed by atoms with Crippen LogP contribution < -0.4 is 5.32 Å². The Morgan fingerprint density at radius 1 is 1.09 bits per heavy atom. The molecule has 3 rings (SSSR count). The molecule has 23 heavy (non-hydrogen) atoms. The first-order valence-corrected chi connectivity index (χ1v) is 7.88. The molecule has 0 radical (unpaired) electrons. The number of fused-ring (bicyclic) bond motifs is 1. The van der Waals surface area contributed by atoms with Crippen molar-refractivity contribution in [2.45, 2.75) is 0 Å². The normalized spacial score (nSPS) is 14.7. The summed E-state index contributed by atoms with van der Waals surface area (Å²) in [6, 6.07) is 13.5. The molecule has 0 bridgehead atoms. The third-order valence-electron chi connectivity index (χ3n) is 4.21. The number of rotatable bonds is 3. The van der Waals surface area contributed by atoms with E-state index in [0.29, 0.717) is 18.7 Å². The molecule has 2 amide bonds. The fourth-order valence-electron chi connectivity index (χ4n) is 2.91. The average molecular weight is 311 g/mol. The second-order valence-electron chi connectivity index (χ2n) is 5.82. The zero-order valence-corrected chi connectivity index (χ0v) is 13.3. The monoisotopic (exact) mass is 311 g/mol. The van der Waals surface area contributed by atoms with Crippen LogP contribution in [0.1, 0.15) is 10.4 Å². The SMILES string of the molecule is CN(CC(=O)N1CCNCC1)C(=O)c1cccc2ccccc12. The van der Waals surface area contributed by atoms with Crippen LogP contribution in [0, 0.1) is 0 Å². The van der Waals surface area contributed by atoms with Gasteiger partial charge in [0.15, 0.2) is 0 Å². The number of nitrogens with one attached hydrogen (secondary N) is 1. The minimum absolute atomic E-state index is 0.00240. The molecule has 5 heteroatoms. The smallest absolute Gasteiger partial charge is 0.254 e. The quantitative estimate of drug-likeness (QED) is 0.931. The highest BCUT2D eigenvalue weighted by Gasteiger charge is 2.21. The number of hydrogen-bond acceptors (Lipinski definition) is 3. The third kappa shape index (κ3) is 3.35. The summed E-state index contributed by atoms with van der Waals surface area (Å²) in [6.45, 7) is 3.14. The van der Waals surface area contributed by atoms with E-state index in [2.05, 4.69) is 5.32 Å². The molecule has 0 saturated carbocycles. The van der Waals surface area contributed by atoms with E-state index in [1.807, 2.05) is 47.4 Å². The minimum Gasteiger partial charge on any atom is -0.339 e. The van der Waals surface area contributed by atoms with Crippen LogP contribution in [0.3, 0.4) is 0 Å². The maximum atomic E-state index is 12.7. The van der Waals surface area contributed by atoms with Gasteiger partial charge in [-0.15, -0.1) is 0 Å². The third-order valence-corrected chi connectivity index (χ3v) is 4.21. The van der Waals surface area contributed by atoms with Crippen molar-refractivity contribution in [3.05, 3.63) is 48.0 Å². The van der Waals surface area contributed by atoms with Crippen molar-refractivity contribution in [2.75, 3.05) is 39.8 Å². The van der Waals surface area contributed by atoms with Crippen molar-refractivity contribution in [3.8, 4) is 0 Å². The molecular weight excluding hydrogens is 290 g/mol. The Morgan fingerprint density at radius 3 is 2.57 bits per heavy atom. The molecule has 0 aliphatic carbocycles. The summed E-state index contributed by atoms with van der Waals surface area (Å²) >= 11 is 0. The zero-order chi connectivity index (χ0) is 16.2. The van der Waals surface area contributed by atoms with Crippen molar-refractivity contribution in [3.63, 3.8) is 0 Å². The van der Waals surface area contributed by atoms with Gasteiger partial charge in [-0.05, 0) is 16.8 Å². The number of benzene rings is 2. The van der Waals surface area contributed by atoms with E-state index in [-0.39, 0.29) is 18.4 Å². The van der Waals surface area contributed by atoms with Crippen molar-refractivity contribution < 1.29 is 9.59 Å². The number of likely N-dealkylation sites (N-methyl/N-ethyl adjacent to an activating group) is 1. The Bertz CT molecular complexity index is 718. The highest BCUT2D eigenvalue weighted by molar-refractivity contribution is 6.07. The van der Waals surface area contributed by atoms with Crippen molar-refractivity contribution >= 4 is 22.6 Å². The van der Waals surface area contributed by atoms with Gasteiger partial charge in [0.2, 0.25) is 5.91 Å². The van der Waals surface area contributed by atoms with E-state index in [4.69, 9.17) is 0 Å². The molecule has 0 spiro atoms. The summed E-state index contributed by atoms with van der Waals surface area (Å²) in [5.74, 6) is -0.118. The Hall–Kier alpha value is -2.40. The molecule has 120 valence electrons. The maximum absolute atomic E-state index is 12.7. The van der Waals surface area contributed by atoms with Gasteiger partial charge in [-0.25, -0.2) is 0 Å². The molecule has 5 nitrogen and oxygen atoms in total. The Balaban J connectivity index is 1.75. The number of carbonyl (C=O) groups excluding carboxylic acids is 2. The van der Waals surface area contributed by atoms with Crippen molar-refractivity contribution in [1.82, 2.24) is 15.1 Å². The van der Waals surface area contributed by atoms with Crippen LogP contribution in [0.5, 0.6) is 0 Å². The van der Waals surface area contributed by atoms with E-state index in [1.165, 1.54) is 4.90 Å². The van der Waals surface area contributed by atoms with Crippen LogP contribution in [0.2, 0.25) is 0 Å². The number of nitrogens with zero attached hydrogens (tertiary/aromatic N) is 2. The Kier molecular flexibility index (Phi) is 4.57. The molecule has 1 saturated heterocycles. The van der Waals surface area contributed by atoms with E-state index in [1.54, 1.807) is 7.05 Å². The van der Waals surface area contributed by atoms with Gasteiger partial charge in [0.25, 0.3) is 5.91 Å². The van der Waals surface area contributed by atoms with Crippen molar-refractivity contribution in [1.29, 1.82) is 0 Å². The van der Waals surface area contributed by atoms with Crippen LogP contribution in [0.25, 0.3) is 10.8 Å². The molecule has 1 heterocycles. The summed E-state index contributed by atoms with van der Waals surface area (Å²) < 4.78 is 0. The first kappa shape index (κ1) is 15.5. The second kappa shape index (κ2) is 6.79. The lowest BCUT2D eigenvalue weighted by molar-refractivity contribution is -0.132. The molecule has 0 unspecified atom stereocenters. The molecule has 1 aliphatic heterocycles. The highest BCUT2D eigenvalue weighted by Crippen LogP contribution is 2.19. The fraction of sp³-hybridized carbons (Fsp3) is 0.333. The van der Waals surface area contributed by atoms with Crippen LogP contribution in [-0.4, -0.2) is 61.4 Å². The average Bonchev–Trinajstić information content (AvgIpc) is 2.61. The topological polar surface area (TPSA) is 52.7 Å². The molecule has 2 aromatic rings. The molecule has 2 aromatic carbocycles. The molecule has 0 atom stereocenters. The standard InChI is InChI=1S/C18H21N3O2/c1-20(13-17(22)21-11-9-19-10-12-21)18(23)16-8-4-6-14-5-2-3-7-15(14)16/h2-8,19H,9-13H2,1H3. The minimum atomic E-state index is -0.120. The fourth-order valence-corrected chi connectivity index (χ4v) is 2.91. The molecule has 1 aliphatic rings. The van der Waals surface area contributed by atoms with Crippen LogP contribution in [0.15, 0.2) is 42.5 Å². The zero-order valence-electron chi connectivity index (χ0n) is 13.3. The maximum Gasteiger partial charge on any atom is 0.254 e. The van der Waals surface area contributed by atoms with Crippen LogP contribution in [0.4, 0.5) is 0 Å². The van der Waals surface area contributed by atoms with Gasteiger partial charge in [-0.3, -0.25) is 9.59 Å². The Morgan fingerprint density at radius 2 is 1.78 bits per heavy atom. The Labute approximate surface area is 135 Å². The highest BCUT2D eigenvalue weighted by atomic mass is 16.2. The van der Waals surface area contributed by atoms with E-state index in [0.717, 1.165) is 23.9 Å². The number of hydrogen-bond donors (Lipinski definition) is 1. The predicted molar refractivity (Wildman–Crippen MR) is 90.4 cm³/mol. The number of carbonyl (C=O) groups is 2. The molecular formula is C18H21N3O2. The largest absolute Gasteiger partial charge is 0.339 e. The van der Waals surface area contributed by atoms with E-state index in [9.17, 15) is 9.59 Å². The lowest BCUT2D eigenvalue weighted by Gasteiger charge is -2.29. The summed E-state index contributed by atoms with van der Waals surface area (Å²) in [5.41, 5.74) is 0.638. The first-order chi connectivity index (χ1) is 11.2. The van der Waals surface area contributed by atoms with Crippen molar-refractivity contribution in [2.24, 2.45) is 0 Å². The van der Waals surface area contributed by atoms with Gasteiger partial charge in [0, 0.05) is 38.8 Å². The molecule has 0 aromatic heterocycles. The van der Waals surface area contributed by atoms with Gasteiger partial charge in [-0.2, -0.15) is 0 Å². The lowest BCUT2D eigenvalue weighted by Crippen LogP contribution is -2.49. The lowest BCUT2D eigenvalue weighted by atomic mass is 10.0. The predicted octanol–water partition coefficient (Wildman–Crippen LogP) is 1.34. The van der Waals surface area contributed by atoms with Gasteiger partial charge < -0.3 is 15.1 Å². The number of piperazine rings is 1. The van der Waals surface area contributed by atoms with Crippen LogP contribution >= 0.6 is 0 Å². The number of amides is 2. The summed E-state index contributed by atoms with van der Waals surface area (Å²) in [5, 5.41) is 5.16. The van der Waals surface area contributed by atoms with Gasteiger partial charge in [-0.1, -0.05) is 36.4 Å². The summed E-state index contributed by atoms with van der Waals surface area (Å²) in [4.78, 5) is 28.3. The van der Waals surface area contributed by atoms with Gasteiger partial charge in [0.05, 0.1) is 6.54 Å².